The summed E-state index contributed by atoms with van der Waals surface area (Å²) in [7, 11) is 1.63. The SMILES string of the molecule is COc1ccccc1/C=C\C=N\NC(=O)c1cc(-c2ccccc2)nc2ccccc12. The Bertz CT molecular complexity index is 1260. The summed E-state index contributed by atoms with van der Waals surface area (Å²) in [6.45, 7) is 0. The van der Waals surface area contributed by atoms with Crippen molar-refractivity contribution < 1.29 is 9.53 Å². The van der Waals surface area contributed by atoms with E-state index in [0.29, 0.717) is 5.56 Å². The predicted molar refractivity (Wildman–Crippen MR) is 125 cm³/mol. The first-order valence-corrected chi connectivity index (χ1v) is 9.84. The predicted octanol–water partition coefficient (Wildman–Crippen LogP) is 5.34. The average molecular weight is 407 g/mol. The standard InChI is InChI=1S/C26H21N3O2/c1-31-25-16-8-5-12-20(25)13-9-17-27-29-26(30)22-18-24(19-10-3-2-4-11-19)28-23-15-7-6-14-21(22)23/h2-18H,1H3,(H,29,30)/b13-9-,27-17+. The van der Waals surface area contributed by atoms with Crippen molar-refractivity contribution in [3.63, 3.8) is 0 Å². The normalized spacial score (nSPS) is 11.3. The van der Waals surface area contributed by atoms with Gasteiger partial charge in [-0.1, -0.05) is 66.7 Å². The van der Waals surface area contributed by atoms with E-state index < -0.39 is 0 Å². The number of carbonyl (C=O) groups excluding carboxylic acids is 1. The zero-order valence-electron chi connectivity index (χ0n) is 17.0. The number of hydrogen-bond acceptors (Lipinski definition) is 4. The van der Waals surface area contributed by atoms with Crippen LogP contribution in [-0.4, -0.2) is 24.2 Å². The van der Waals surface area contributed by atoms with E-state index >= 15 is 0 Å². The zero-order valence-corrected chi connectivity index (χ0v) is 17.0. The highest BCUT2D eigenvalue weighted by atomic mass is 16.5. The number of carbonyl (C=O) groups is 1. The number of pyridine rings is 1. The van der Waals surface area contributed by atoms with Gasteiger partial charge >= 0.3 is 0 Å². The van der Waals surface area contributed by atoms with Crippen molar-refractivity contribution >= 4 is 29.1 Å². The highest BCUT2D eigenvalue weighted by Crippen LogP contribution is 2.24. The second kappa shape index (κ2) is 9.50. The molecule has 0 radical (unpaired) electrons. The van der Waals surface area contributed by atoms with Gasteiger partial charge in [0.2, 0.25) is 0 Å². The summed E-state index contributed by atoms with van der Waals surface area (Å²) >= 11 is 0. The van der Waals surface area contributed by atoms with Crippen LogP contribution in [0, 0.1) is 0 Å². The summed E-state index contributed by atoms with van der Waals surface area (Å²) in [5.74, 6) is 0.477. The van der Waals surface area contributed by atoms with Gasteiger partial charge in [-0.2, -0.15) is 5.10 Å². The van der Waals surface area contributed by atoms with Gasteiger partial charge in [-0.3, -0.25) is 4.79 Å². The van der Waals surface area contributed by atoms with Crippen LogP contribution < -0.4 is 10.2 Å². The van der Waals surface area contributed by atoms with Gasteiger partial charge in [0.1, 0.15) is 5.75 Å². The Morgan fingerprint density at radius 2 is 1.71 bits per heavy atom. The van der Waals surface area contributed by atoms with Crippen molar-refractivity contribution in [2.45, 2.75) is 0 Å². The maximum atomic E-state index is 12.9. The Morgan fingerprint density at radius 1 is 0.968 bits per heavy atom. The van der Waals surface area contributed by atoms with Crippen molar-refractivity contribution in [3.05, 3.63) is 102 Å². The Morgan fingerprint density at radius 3 is 2.55 bits per heavy atom. The molecule has 0 atom stereocenters. The molecule has 0 unspecified atom stereocenters. The van der Waals surface area contributed by atoms with Crippen molar-refractivity contribution in [1.29, 1.82) is 0 Å². The molecule has 1 N–H and O–H groups in total. The average Bonchev–Trinajstić information content (AvgIpc) is 2.83. The van der Waals surface area contributed by atoms with E-state index in [1.54, 1.807) is 19.3 Å². The highest BCUT2D eigenvalue weighted by molar-refractivity contribution is 6.07. The molecule has 0 bridgehead atoms. The third kappa shape index (κ3) is 4.67. The molecule has 0 aliphatic rings. The van der Waals surface area contributed by atoms with Crippen molar-refractivity contribution in [3.8, 4) is 17.0 Å². The highest BCUT2D eigenvalue weighted by Gasteiger charge is 2.13. The first-order chi connectivity index (χ1) is 15.3. The fraction of sp³-hybridized carbons (Fsp3) is 0.0385. The number of rotatable bonds is 6. The lowest BCUT2D eigenvalue weighted by atomic mass is 10.0. The Hall–Kier alpha value is -4.25. The van der Waals surface area contributed by atoms with E-state index in [4.69, 9.17) is 9.72 Å². The minimum Gasteiger partial charge on any atom is -0.496 e. The third-order valence-electron chi connectivity index (χ3n) is 4.77. The molecule has 3 aromatic carbocycles. The molecule has 1 amide bonds. The number of aromatic nitrogens is 1. The van der Waals surface area contributed by atoms with Crippen LogP contribution in [0.3, 0.4) is 0 Å². The lowest BCUT2D eigenvalue weighted by molar-refractivity contribution is 0.0957. The van der Waals surface area contributed by atoms with Gasteiger partial charge < -0.3 is 4.74 Å². The Kier molecular flexibility index (Phi) is 6.14. The van der Waals surface area contributed by atoms with Crippen LogP contribution in [0.15, 0.2) is 96.1 Å². The fourth-order valence-electron chi connectivity index (χ4n) is 3.27. The summed E-state index contributed by atoms with van der Waals surface area (Å²) in [4.78, 5) is 17.6. The molecule has 1 heterocycles. The molecule has 0 saturated carbocycles. The van der Waals surface area contributed by atoms with Crippen LogP contribution in [0.1, 0.15) is 15.9 Å². The Labute approximate surface area is 180 Å². The van der Waals surface area contributed by atoms with E-state index in [2.05, 4.69) is 10.5 Å². The number of para-hydroxylation sites is 2. The number of nitrogens with one attached hydrogen (secondary N) is 1. The lowest BCUT2D eigenvalue weighted by Crippen LogP contribution is -2.18. The molecule has 0 saturated heterocycles. The number of ether oxygens (including phenoxy) is 1. The molecule has 0 spiro atoms. The van der Waals surface area contributed by atoms with Gasteiger partial charge in [0.15, 0.2) is 0 Å². The Balaban J connectivity index is 1.56. The number of benzene rings is 3. The molecular weight excluding hydrogens is 386 g/mol. The monoisotopic (exact) mass is 407 g/mol. The number of fused-ring (bicyclic) bond motifs is 1. The largest absolute Gasteiger partial charge is 0.496 e. The van der Waals surface area contributed by atoms with E-state index in [-0.39, 0.29) is 5.91 Å². The van der Waals surface area contributed by atoms with Crippen LogP contribution in [0.25, 0.3) is 28.2 Å². The molecule has 5 heteroatoms. The van der Waals surface area contributed by atoms with Gasteiger partial charge in [0, 0.05) is 22.7 Å². The smallest absolute Gasteiger partial charge is 0.272 e. The maximum absolute atomic E-state index is 12.9. The lowest BCUT2D eigenvalue weighted by Gasteiger charge is -2.08. The molecule has 1 aromatic heterocycles. The van der Waals surface area contributed by atoms with Crippen molar-refractivity contribution in [1.82, 2.24) is 10.4 Å². The second-order valence-electron chi connectivity index (χ2n) is 6.76. The first-order valence-electron chi connectivity index (χ1n) is 9.84. The fourth-order valence-corrected chi connectivity index (χ4v) is 3.27. The van der Waals surface area contributed by atoms with Crippen molar-refractivity contribution in [2.75, 3.05) is 7.11 Å². The molecule has 31 heavy (non-hydrogen) atoms. The van der Waals surface area contributed by atoms with Gasteiger partial charge in [0.05, 0.1) is 23.9 Å². The van der Waals surface area contributed by atoms with Crippen LogP contribution in [-0.2, 0) is 0 Å². The molecule has 4 aromatic rings. The summed E-state index contributed by atoms with van der Waals surface area (Å²) in [5.41, 5.74) is 6.50. The summed E-state index contributed by atoms with van der Waals surface area (Å²) in [5, 5.41) is 4.83. The van der Waals surface area contributed by atoms with E-state index in [0.717, 1.165) is 33.5 Å². The van der Waals surface area contributed by atoms with Crippen molar-refractivity contribution in [2.24, 2.45) is 5.10 Å². The number of hydrazone groups is 1. The van der Waals surface area contributed by atoms with E-state index in [1.807, 2.05) is 84.9 Å². The maximum Gasteiger partial charge on any atom is 0.272 e. The quantitative estimate of drug-likeness (QED) is 0.347. The van der Waals surface area contributed by atoms with Gasteiger partial charge in [-0.15, -0.1) is 0 Å². The third-order valence-corrected chi connectivity index (χ3v) is 4.77. The summed E-state index contributed by atoms with van der Waals surface area (Å²) < 4.78 is 5.32. The molecule has 0 aliphatic carbocycles. The van der Waals surface area contributed by atoms with Gasteiger partial charge in [-0.05, 0) is 30.4 Å². The minimum absolute atomic E-state index is 0.294. The van der Waals surface area contributed by atoms with E-state index in [1.165, 1.54) is 6.21 Å². The molecule has 0 aliphatic heterocycles. The van der Waals surface area contributed by atoms with E-state index in [9.17, 15) is 4.79 Å². The molecule has 0 fully saturated rings. The number of amides is 1. The topological polar surface area (TPSA) is 63.6 Å². The number of allylic oxidation sites excluding steroid dienone is 1. The first kappa shape index (κ1) is 20.0. The number of methoxy groups -OCH3 is 1. The number of nitrogens with zero attached hydrogens (tertiary/aromatic N) is 2. The van der Waals surface area contributed by atoms with Crippen LogP contribution in [0.4, 0.5) is 0 Å². The zero-order chi connectivity index (χ0) is 21.5. The minimum atomic E-state index is -0.294. The molecule has 5 nitrogen and oxygen atoms in total. The van der Waals surface area contributed by atoms with Crippen LogP contribution in [0.2, 0.25) is 0 Å². The summed E-state index contributed by atoms with van der Waals surface area (Å²) in [6, 6.07) is 26.8. The molecular formula is C26H21N3O2. The number of hydrogen-bond donors (Lipinski definition) is 1. The van der Waals surface area contributed by atoms with Gasteiger partial charge in [-0.25, -0.2) is 10.4 Å². The summed E-state index contributed by atoms with van der Waals surface area (Å²) in [6.07, 6.45) is 5.15. The molecule has 4 rings (SSSR count). The second-order valence-corrected chi connectivity index (χ2v) is 6.76. The van der Waals surface area contributed by atoms with Crippen LogP contribution >= 0.6 is 0 Å². The van der Waals surface area contributed by atoms with Gasteiger partial charge in [0.25, 0.3) is 5.91 Å². The van der Waals surface area contributed by atoms with Crippen LogP contribution in [0.5, 0.6) is 5.75 Å². The molecule has 152 valence electrons.